The molecule has 0 saturated heterocycles. The van der Waals surface area contributed by atoms with Crippen LogP contribution >= 0.6 is 15.9 Å². The number of benzene rings is 1. The molecule has 0 aliphatic heterocycles. The molecular formula is C9H12BrFN2. The van der Waals surface area contributed by atoms with Gasteiger partial charge >= 0.3 is 0 Å². The molecule has 0 spiro atoms. The van der Waals surface area contributed by atoms with E-state index in [0.29, 0.717) is 11.1 Å². The number of halogens is 2. The Morgan fingerprint density at radius 2 is 2.15 bits per heavy atom. The van der Waals surface area contributed by atoms with E-state index in [2.05, 4.69) is 15.9 Å². The second kappa shape index (κ2) is 4.17. The molecule has 0 aromatic heterocycles. The van der Waals surface area contributed by atoms with Crippen molar-refractivity contribution in [1.82, 2.24) is 0 Å². The Kier molecular flexibility index (Phi) is 3.41. The molecule has 4 heteroatoms. The fourth-order valence-electron chi connectivity index (χ4n) is 1.15. The van der Waals surface area contributed by atoms with E-state index in [1.807, 2.05) is 0 Å². The van der Waals surface area contributed by atoms with E-state index in [1.54, 1.807) is 19.1 Å². The number of nitrogens with two attached hydrogens (primary N) is 2. The molecule has 0 heterocycles. The molecule has 1 aromatic carbocycles. The maximum Gasteiger partial charge on any atom is 0.131 e. The van der Waals surface area contributed by atoms with Gasteiger partial charge in [0.15, 0.2) is 0 Å². The van der Waals surface area contributed by atoms with Crippen molar-refractivity contribution >= 4 is 15.9 Å². The maximum absolute atomic E-state index is 13.5. The molecule has 0 amide bonds. The Labute approximate surface area is 85.2 Å². The van der Waals surface area contributed by atoms with Gasteiger partial charge in [0.2, 0.25) is 0 Å². The van der Waals surface area contributed by atoms with Gasteiger partial charge in [-0.3, -0.25) is 0 Å². The van der Waals surface area contributed by atoms with Crippen molar-refractivity contribution < 1.29 is 4.39 Å². The van der Waals surface area contributed by atoms with Crippen LogP contribution in [0.15, 0.2) is 16.6 Å². The van der Waals surface area contributed by atoms with E-state index in [1.165, 1.54) is 0 Å². The molecule has 2 nitrogen and oxygen atoms in total. The predicted octanol–water partition coefficient (Wildman–Crippen LogP) is 1.86. The second-order valence-electron chi connectivity index (χ2n) is 2.97. The highest BCUT2D eigenvalue weighted by molar-refractivity contribution is 9.10. The van der Waals surface area contributed by atoms with Gasteiger partial charge in [-0.1, -0.05) is 15.9 Å². The van der Waals surface area contributed by atoms with Crippen molar-refractivity contribution in [1.29, 1.82) is 0 Å². The number of hydrogen-bond donors (Lipinski definition) is 2. The van der Waals surface area contributed by atoms with Gasteiger partial charge < -0.3 is 11.5 Å². The molecule has 1 atom stereocenters. The van der Waals surface area contributed by atoms with Gasteiger partial charge in [0, 0.05) is 22.6 Å². The molecule has 13 heavy (non-hydrogen) atoms. The van der Waals surface area contributed by atoms with Gasteiger partial charge in [0.05, 0.1) is 0 Å². The summed E-state index contributed by atoms with van der Waals surface area (Å²) < 4.78 is 14.3. The first kappa shape index (κ1) is 10.6. The summed E-state index contributed by atoms with van der Waals surface area (Å²) in [5, 5.41) is 0. The van der Waals surface area contributed by atoms with E-state index >= 15 is 0 Å². The van der Waals surface area contributed by atoms with Crippen molar-refractivity contribution in [3.63, 3.8) is 0 Å². The molecular weight excluding hydrogens is 235 g/mol. The average Bonchev–Trinajstić information content (AvgIpc) is 2.10. The van der Waals surface area contributed by atoms with Crippen LogP contribution in [0.25, 0.3) is 0 Å². The summed E-state index contributed by atoms with van der Waals surface area (Å²) in [6.45, 7) is 1.94. The van der Waals surface area contributed by atoms with Crippen LogP contribution < -0.4 is 11.5 Å². The largest absolute Gasteiger partial charge is 0.329 e. The normalized spacial score (nSPS) is 13.0. The van der Waals surface area contributed by atoms with Crippen LogP contribution in [0.2, 0.25) is 0 Å². The zero-order chi connectivity index (χ0) is 10.0. The highest BCUT2D eigenvalue weighted by atomic mass is 79.9. The van der Waals surface area contributed by atoms with Gasteiger partial charge in [0.25, 0.3) is 0 Å². The van der Waals surface area contributed by atoms with E-state index < -0.39 is 6.04 Å². The Hall–Kier alpha value is -0.450. The zero-order valence-electron chi connectivity index (χ0n) is 7.35. The van der Waals surface area contributed by atoms with Crippen molar-refractivity contribution in [2.75, 3.05) is 6.54 Å². The summed E-state index contributed by atoms with van der Waals surface area (Å²) >= 11 is 3.28. The molecule has 72 valence electrons. The van der Waals surface area contributed by atoms with E-state index in [9.17, 15) is 4.39 Å². The van der Waals surface area contributed by atoms with Crippen molar-refractivity contribution in [2.45, 2.75) is 13.0 Å². The summed E-state index contributed by atoms with van der Waals surface area (Å²) in [6.07, 6.45) is 0. The maximum atomic E-state index is 13.5. The molecule has 1 rings (SSSR count). The first-order chi connectivity index (χ1) is 6.06. The molecule has 0 saturated carbocycles. The molecule has 4 N–H and O–H groups in total. The van der Waals surface area contributed by atoms with Crippen LogP contribution in [0.5, 0.6) is 0 Å². The van der Waals surface area contributed by atoms with E-state index in [0.717, 1.165) is 4.47 Å². The Bertz CT molecular complexity index is 315. The summed E-state index contributed by atoms with van der Waals surface area (Å²) in [7, 11) is 0. The van der Waals surface area contributed by atoms with E-state index in [-0.39, 0.29) is 12.4 Å². The van der Waals surface area contributed by atoms with Crippen LogP contribution in [-0.4, -0.2) is 6.54 Å². The standard InChI is InChI=1S/C9H12BrFN2/c1-5-2-6(10)3-7(9(5)11)8(13)4-12/h2-3,8H,4,12-13H2,1H3. The first-order valence-electron chi connectivity index (χ1n) is 3.97. The minimum atomic E-state index is -0.434. The van der Waals surface area contributed by atoms with Gasteiger partial charge in [-0.2, -0.15) is 0 Å². The molecule has 1 unspecified atom stereocenters. The highest BCUT2D eigenvalue weighted by Crippen LogP contribution is 2.23. The Balaban J connectivity index is 3.20. The third kappa shape index (κ3) is 2.27. The van der Waals surface area contributed by atoms with Gasteiger partial charge in [-0.25, -0.2) is 4.39 Å². The second-order valence-corrected chi connectivity index (χ2v) is 3.88. The third-order valence-corrected chi connectivity index (χ3v) is 2.36. The smallest absolute Gasteiger partial charge is 0.131 e. The van der Waals surface area contributed by atoms with Crippen LogP contribution in [0, 0.1) is 12.7 Å². The van der Waals surface area contributed by atoms with Crippen LogP contribution in [0.3, 0.4) is 0 Å². The lowest BCUT2D eigenvalue weighted by Crippen LogP contribution is -2.22. The fourth-order valence-corrected chi connectivity index (χ4v) is 1.74. The highest BCUT2D eigenvalue weighted by Gasteiger charge is 2.12. The van der Waals surface area contributed by atoms with E-state index in [4.69, 9.17) is 11.5 Å². The summed E-state index contributed by atoms with van der Waals surface area (Å²) in [4.78, 5) is 0. The zero-order valence-corrected chi connectivity index (χ0v) is 8.94. The van der Waals surface area contributed by atoms with Gasteiger partial charge in [-0.15, -0.1) is 0 Å². The van der Waals surface area contributed by atoms with Crippen molar-refractivity contribution in [3.05, 3.63) is 33.5 Å². The van der Waals surface area contributed by atoms with Crippen LogP contribution in [-0.2, 0) is 0 Å². The summed E-state index contributed by atoms with van der Waals surface area (Å²) in [5.41, 5.74) is 12.1. The van der Waals surface area contributed by atoms with Gasteiger partial charge in [-0.05, 0) is 24.6 Å². The minimum absolute atomic E-state index is 0.243. The quantitative estimate of drug-likeness (QED) is 0.837. The van der Waals surface area contributed by atoms with Crippen molar-refractivity contribution in [2.24, 2.45) is 11.5 Å². The summed E-state index contributed by atoms with van der Waals surface area (Å²) in [6, 6.07) is 2.94. The predicted molar refractivity (Wildman–Crippen MR) is 54.8 cm³/mol. The fraction of sp³-hybridized carbons (Fsp3) is 0.333. The lowest BCUT2D eigenvalue weighted by atomic mass is 10.0. The Morgan fingerprint density at radius 3 is 2.69 bits per heavy atom. The first-order valence-corrected chi connectivity index (χ1v) is 4.76. The van der Waals surface area contributed by atoms with Crippen LogP contribution in [0.1, 0.15) is 17.2 Å². The SMILES string of the molecule is Cc1cc(Br)cc(C(N)CN)c1F. The topological polar surface area (TPSA) is 52.0 Å². The summed E-state index contributed by atoms with van der Waals surface area (Å²) in [5.74, 6) is -0.263. The molecule has 0 fully saturated rings. The van der Waals surface area contributed by atoms with Gasteiger partial charge in [0.1, 0.15) is 5.82 Å². The molecule has 0 radical (unpaired) electrons. The Morgan fingerprint density at radius 1 is 1.54 bits per heavy atom. The molecule has 0 aliphatic rings. The lowest BCUT2D eigenvalue weighted by molar-refractivity contribution is 0.576. The third-order valence-electron chi connectivity index (χ3n) is 1.90. The average molecular weight is 247 g/mol. The molecule has 0 aliphatic carbocycles. The number of rotatable bonds is 2. The molecule has 0 bridgehead atoms. The monoisotopic (exact) mass is 246 g/mol. The number of hydrogen-bond acceptors (Lipinski definition) is 2. The lowest BCUT2D eigenvalue weighted by Gasteiger charge is -2.12. The minimum Gasteiger partial charge on any atom is -0.329 e. The number of aryl methyl sites for hydroxylation is 1. The van der Waals surface area contributed by atoms with Crippen molar-refractivity contribution in [3.8, 4) is 0 Å². The van der Waals surface area contributed by atoms with Crippen LogP contribution in [0.4, 0.5) is 4.39 Å². The molecule has 1 aromatic rings.